The number of ether oxygens (including phenoxy) is 1. The zero-order chi connectivity index (χ0) is 16.4. The van der Waals surface area contributed by atoms with Crippen LogP contribution in [0.15, 0.2) is 40.9 Å². The Labute approximate surface area is 142 Å². The number of aryl methyl sites for hydroxylation is 2. The van der Waals surface area contributed by atoms with Crippen molar-refractivity contribution < 1.29 is 4.74 Å². The number of benzene rings is 2. The van der Waals surface area contributed by atoms with Crippen molar-refractivity contribution in [2.75, 3.05) is 12.8 Å². The fraction of sp³-hybridized carbons (Fsp3) is 0.176. The monoisotopic (exact) mass is 370 g/mol. The zero-order valence-electron chi connectivity index (χ0n) is 12.6. The highest BCUT2D eigenvalue weighted by Gasteiger charge is 2.14. The van der Waals surface area contributed by atoms with Gasteiger partial charge in [-0.3, -0.25) is 0 Å². The molecule has 0 aliphatic heterocycles. The fourth-order valence-electron chi connectivity index (χ4n) is 2.59. The Morgan fingerprint density at radius 3 is 2.70 bits per heavy atom. The minimum atomic E-state index is 0.422. The van der Waals surface area contributed by atoms with Gasteiger partial charge in [-0.15, -0.1) is 0 Å². The van der Waals surface area contributed by atoms with Crippen LogP contribution in [0.4, 0.5) is 5.95 Å². The lowest BCUT2D eigenvalue weighted by Gasteiger charge is -2.10. The Kier molecular flexibility index (Phi) is 4.22. The van der Waals surface area contributed by atoms with Gasteiger partial charge in [0.2, 0.25) is 5.95 Å². The van der Waals surface area contributed by atoms with E-state index in [4.69, 9.17) is 15.7 Å². The summed E-state index contributed by atoms with van der Waals surface area (Å²) in [5, 5.41) is 9.09. The number of hydrogen-bond donors (Lipinski definition) is 1. The molecule has 5 nitrogen and oxygen atoms in total. The quantitative estimate of drug-likeness (QED) is 0.762. The molecule has 3 aromatic rings. The number of halogens is 1. The summed E-state index contributed by atoms with van der Waals surface area (Å²) in [4.78, 5) is 4.36. The Bertz CT molecular complexity index is 894. The molecule has 0 atom stereocenters. The van der Waals surface area contributed by atoms with Crippen LogP contribution in [0.5, 0.6) is 5.75 Å². The summed E-state index contributed by atoms with van der Waals surface area (Å²) < 4.78 is 8.40. The third-order valence-corrected chi connectivity index (χ3v) is 4.25. The summed E-state index contributed by atoms with van der Waals surface area (Å²) in [5.74, 6) is 1.03. The highest BCUT2D eigenvalue weighted by atomic mass is 79.9. The molecular formula is C17H15BrN4O. The number of anilines is 1. The zero-order valence-corrected chi connectivity index (χ0v) is 14.2. The molecule has 0 spiro atoms. The minimum Gasteiger partial charge on any atom is -0.494 e. The highest BCUT2D eigenvalue weighted by molar-refractivity contribution is 9.10. The molecule has 116 valence electrons. The SMILES string of the molecule is COc1cc(C#N)cc2nc(N)n(CCc3ccc(Br)cc3)c12. The van der Waals surface area contributed by atoms with E-state index in [1.807, 2.05) is 16.7 Å². The van der Waals surface area contributed by atoms with E-state index in [1.54, 1.807) is 19.2 Å². The molecule has 6 heteroatoms. The Morgan fingerprint density at radius 1 is 1.30 bits per heavy atom. The number of rotatable bonds is 4. The van der Waals surface area contributed by atoms with Crippen molar-refractivity contribution in [2.45, 2.75) is 13.0 Å². The Morgan fingerprint density at radius 2 is 2.04 bits per heavy atom. The van der Waals surface area contributed by atoms with Crippen LogP contribution in [-0.4, -0.2) is 16.7 Å². The predicted molar refractivity (Wildman–Crippen MR) is 93.3 cm³/mol. The first kappa shape index (κ1) is 15.4. The maximum Gasteiger partial charge on any atom is 0.201 e. The molecule has 0 radical (unpaired) electrons. The van der Waals surface area contributed by atoms with Crippen LogP contribution >= 0.6 is 15.9 Å². The molecule has 0 saturated heterocycles. The lowest BCUT2D eigenvalue weighted by Crippen LogP contribution is -2.06. The van der Waals surface area contributed by atoms with E-state index in [9.17, 15) is 0 Å². The maximum atomic E-state index is 9.09. The molecule has 3 rings (SSSR count). The smallest absolute Gasteiger partial charge is 0.201 e. The molecule has 1 aromatic heterocycles. The minimum absolute atomic E-state index is 0.422. The number of nitrogen functional groups attached to an aromatic ring is 1. The molecule has 0 amide bonds. The van der Waals surface area contributed by atoms with E-state index in [1.165, 1.54) is 5.56 Å². The van der Waals surface area contributed by atoms with E-state index in [2.05, 4.69) is 39.1 Å². The number of fused-ring (bicyclic) bond motifs is 1. The van der Waals surface area contributed by atoms with Crippen molar-refractivity contribution in [1.29, 1.82) is 5.26 Å². The normalized spacial score (nSPS) is 10.7. The van der Waals surface area contributed by atoms with Gasteiger partial charge in [-0.1, -0.05) is 28.1 Å². The highest BCUT2D eigenvalue weighted by Crippen LogP contribution is 2.29. The molecule has 2 N–H and O–H groups in total. The summed E-state index contributed by atoms with van der Waals surface area (Å²) >= 11 is 3.43. The van der Waals surface area contributed by atoms with Crippen LogP contribution in [0.1, 0.15) is 11.1 Å². The van der Waals surface area contributed by atoms with Gasteiger partial charge in [0.1, 0.15) is 11.3 Å². The molecule has 0 aliphatic carbocycles. The summed E-state index contributed by atoms with van der Waals surface area (Å²) in [6, 6.07) is 13.7. The van der Waals surface area contributed by atoms with Gasteiger partial charge >= 0.3 is 0 Å². The van der Waals surface area contributed by atoms with Gasteiger partial charge < -0.3 is 15.0 Å². The number of nitrogens with zero attached hydrogens (tertiary/aromatic N) is 3. The second kappa shape index (κ2) is 6.31. The number of imidazole rings is 1. The van der Waals surface area contributed by atoms with Gasteiger partial charge in [-0.25, -0.2) is 4.98 Å². The van der Waals surface area contributed by atoms with Crippen LogP contribution in [0, 0.1) is 11.3 Å². The lowest BCUT2D eigenvalue weighted by atomic mass is 10.1. The molecular weight excluding hydrogens is 356 g/mol. The second-order valence-electron chi connectivity index (χ2n) is 5.16. The summed E-state index contributed by atoms with van der Waals surface area (Å²) in [6.07, 6.45) is 0.825. The Balaban J connectivity index is 1.98. The standard InChI is InChI=1S/C17H15BrN4O/c1-23-15-9-12(10-19)8-14-16(15)22(17(20)21-14)7-6-11-2-4-13(18)5-3-11/h2-5,8-9H,6-7H2,1H3,(H2,20,21). The number of methoxy groups -OCH3 is 1. The van der Waals surface area contributed by atoms with Gasteiger partial charge in [0.25, 0.3) is 0 Å². The number of nitriles is 1. The maximum absolute atomic E-state index is 9.09. The lowest BCUT2D eigenvalue weighted by molar-refractivity contribution is 0.417. The number of hydrogen-bond acceptors (Lipinski definition) is 4. The molecule has 1 heterocycles. The van der Waals surface area contributed by atoms with E-state index in [-0.39, 0.29) is 0 Å². The van der Waals surface area contributed by atoms with E-state index >= 15 is 0 Å². The van der Waals surface area contributed by atoms with Crippen molar-refractivity contribution in [3.8, 4) is 11.8 Å². The topological polar surface area (TPSA) is 76.9 Å². The van der Waals surface area contributed by atoms with Crippen molar-refractivity contribution in [1.82, 2.24) is 9.55 Å². The second-order valence-corrected chi connectivity index (χ2v) is 6.07. The molecule has 2 aromatic carbocycles. The van der Waals surface area contributed by atoms with Gasteiger partial charge in [-0.2, -0.15) is 5.26 Å². The number of nitrogens with two attached hydrogens (primary N) is 1. The molecule has 0 unspecified atom stereocenters. The van der Waals surface area contributed by atoms with Gasteiger partial charge in [0.05, 0.1) is 24.3 Å². The van der Waals surface area contributed by atoms with Crippen molar-refractivity contribution in [3.05, 3.63) is 52.0 Å². The average Bonchev–Trinajstić information content (AvgIpc) is 2.88. The molecule has 0 bridgehead atoms. The third-order valence-electron chi connectivity index (χ3n) is 3.72. The first-order valence-corrected chi connectivity index (χ1v) is 7.90. The molecule has 0 aliphatic rings. The molecule has 0 fully saturated rings. The van der Waals surface area contributed by atoms with E-state index < -0.39 is 0 Å². The van der Waals surface area contributed by atoms with Crippen molar-refractivity contribution in [2.24, 2.45) is 0 Å². The molecule has 23 heavy (non-hydrogen) atoms. The van der Waals surface area contributed by atoms with Crippen LogP contribution in [-0.2, 0) is 13.0 Å². The van der Waals surface area contributed by atoms with Crippen molar-refractivity contribution in [3.63, 3.8) is 0 Å². The van der Waals surface area contributed by atoms with Crippen LogP contribution in [0.2, 0.25) is 0 Å². The third kappa shape index (κ3) is 3.01. The first-order chi connectivity index (χ1) is 11.1. The van der Waals surface area contributed by atoms with Crippen LogP contribution in [0.3, 0.4) is 0 Å². The van der Waals surface area contributed by atoms with E-state index in [0.717, 1.165) is 16.4 Å². The summed E-state index contributed by atoms with van der Waals surface area (Å²) in [7, 11) is 1.58. The average molecular weight is 371 g/mol. The van der Waals surface area contributed by atoms with Gasteiger partial charge in [-0.05, 0) is 30.2 Å². The van der Waals surface area contributed by atoms with E-state index in [0.29, 0.717) is 29.3 Å². The number of aromatic nitrogens is 2. The van der Waals surface area contributed by atoms with Gasteiger partial charge in [0.15, 0.2) is 0 Å². The molecule has 0 saturated carbocycles. The fourth-order valence-corrected chi connectivity index (χ4v) is 2.85. The first-order valence-electron chi connectivity index (χ1n) is 7.10. The predicted octanol–water partition coefficient (Wildman–Crippen LogP) is 3.50. The van der Waals surface area contributed by atoms with Crippen molar-refractivity contribution >= 4 is 32.9 Å². The summed E-state index contributed by atoms with van der Waals surface area (Å²) in [5.41, 5.74) is 9.27. The van der Waals surface area contributed by atoms with Crippen LogP contribution < -0.4 is 10.5 Å². The Hall–Kier alpha value is -2.52. The summed E-state index contributed by atoms with van der Waals surface area (Å²) in [6.45, 7) is 0.687. The largest absolute Gasteiger partial charge is 0.494 e. The van der Waals surface area contributed by atoms with Gasteiger partial charge in [0, 0.05) is 17.1 Å². The van der Waals surface area contributed by atoms with Crippen LogP contribution in [0.25, 0.3) is 11.0 Å².